The first kappa shape index (κ1) is 8.04. The first-order valence-electron chi connectivity index (χ1n) is 4.13. The fourth-order valence-electron chi connectivity index (χ4n) is 1.80. The van der Waals surface area contributed by atoms with Crippen LogP contribution in [0.2, 0.25) is 0 Å². The lowest BCUT2D eigenvalue weighted by molar-refractivity contribution is 0.150. The Balaban J connectivity index is 2.30. The Labute approximate surface area is 71.7 Å². The lowest BCUT2D eigenvalue weighted by atomic mass is 9.97. The molecule has 12 heavy (non-hydrogen) atoms. The van der Waals surface area contributed by atoms with Crippen LogP contribution in [0.15, 0.2) is 4.40 Å². The van der Waals surface area contributed by atoms with Crippen LogP contribution >= 0.6 is 0 Å². The van der Waals surface area contributed by atoms with E-state index in [2.05, 4.69) is 4.40 Å². The molecule has 0 radical (unpaired) electrons. The molecule has 1 aliphatic carbocycles. The monoisotopic (exact) mass is 189 g/mol. The quantitative estimate of drug-likeness (QED) is 0.563. The van der Waals surface area contributed by atoms with Crippen molar-refractivity contribution in [3.8, 4) is 0 Å². The van der Waals surface area contributed by atoms with Crippen molar-refractivity contribution in [1.82, 2.24) is 0 Å². The molecule has 0 aromatic rings. The van der Waals surface area contributed by atoms with Gasteiger partial charge in [0.05, 0.1) is 0 Å². The molecule has 1 aliphatic heterocycles. The van der Waals surface area contributed by atoms with Crippen molar-refractivity contribution in [2.45, 2.75) is 37.0 Å². The summed E-state index contributed by atoms with van der Waals surface area (Å²) in [5.41, 5.74) is 0. The second-order valence-corrected chi connectivity index (χ2v) is 5.07. The van der Waals surface area contributed by atoms with Crippen molar-refractivity contribution in [2.75, 3.05) is 0 Å². The normalized spacial score (nSPS) is 38.3. The van der Waals surface area contributed by atoms with Gasteiger partial charge in [0, 0.05) is 0 Å². The Bertz CT molecular complexity index is 296. The maximum Gasteiger partial charge on any atom is 0.262 e. The van der Waals surface area contributed by atoms with Crippen LogP contribution in [0.1, 0.15) is 25.7 Å². The average molecular weight is 189 g/mol. The summed E-state index contributed by atoms with van der Waals surface area (Å²) < 4.78 is 31.2. The highest BCUT2D eigenvalue weighted by atomic mass is 32.2. The van der Waals surface area contributed by atoms with Gasteiger partial charge in [0.2, 0.25) is 0 Å². The van der Waals surface area contributed by atoms with E-state index in [4.69, 9.17) is 4.74 Å². The van der Waals surface area contributed by atoms with Gasteiger partial charge >= 0.3 is 0 Å². The minimum Gasteiger partial charge on any atom is -0.478 e. The summed E-state index contributed by atoms with van der Waals surface area (Å²) >= 11 is 0. The molecule has 1 fully saturated rings. The van der Waals surface area contributed by atoms with Crippen molar-refractivity contribution in [1.29, 1.82) is 0 Å². The summed E-state index contributed by atoms with van der Waals surface area (Å²) in [6.07, 6.45) is 4.51. The molecule has 0 amide bonds. The summed E-state index contributed by atoms with van der Waals surface area (Å²) in [5.74, 6) is 0. The number of hydrogen-bond acceptors (Lipinski definition) is 3. The molecule has 5 heteroatoms. The molecular weight excluding hydrogens is 178 g/mol. The van der Waals surface area contributed by atoms with Gasteiger partial charge in [-0.3, -0.25) is 0 Å². The van der Waals surface area contributed by atoms with E-state index >= 15 is 0 Å². The maximum atomic E-state index is 11.3. The smallest absolute Gasteiger partial charge is 0.262 e. The minimum atomic E-state index is -3.24. The largest absolute Gasteiger partial charge is 0.478 e. The number of sulfonamides is 1. The van der Waals surface area contributed by atoms with Crippen molar-refractivity contribution < 1.29 is 13.2 Å². The van der Waals surface area contributed by atoms with Gasteiger partial charge in [-0.2, -0.15) is 0 Å². The summed E-state index contributed by atoms with van der Waals surface area (Å²) in [4.78, 5) is 0. The highest BCUT2D eigenvalue weighted by Crippen LogP contribution is 2.29. The SMILES string of the molecule is O=S1(=O)N=COC2CCCCC21. The lowest BCUT2D eigenvalue weighted by Gasteiger charge is -2.30. The second kappa shape index (κ2) is 2.73. The Kier molecular flexibility index (Phi) is 1.83. The number of rotatable bonds is 0. The number of fused-ring (bicyclic) bond motifs is 1. The van der Waals surface area contributed by atoms with E-state index in [1.165, 1.54) is 0 Å². The summed E-state index contributed by atoms with van der Waals surface area (Å²) in [6.45, 7) is 0. The fourth-order valence-corrected chi connectivity index (χ4v) is 3.17. The minimum absolute atomic E-state index is 0.138. The van der Waals surface area contributed by atoms with Gasteiger partial charge < -0.3 is 4.74 Å². The molecule has 2 rings (SSSR count). The van der Waals surface area contributed by atoms with Crippen LogP contribution in [0.5, 0.6) is 0 Å². The van der Waals surface area contributed by atoms with Crippen molar-refractivity contribution in [3.63, 3.8) is 0 Å². The zero-order chi connectivity index (χ0) is 8.60. The molecule has 0 bridgehead atoms. The van der Waals surface area contributed by atoms with Gasteiger partial charge in [-0.05, 0) is 19.3 Å². The van der Waals surface area contributed by atoms with Crippen LogP contribution in [0.25, 0.3) is 0 Å². The molecule has 1 saturated carbocycles. The molecule has 2 atom stereocenters. The molecule has 1 heterocycles. The zero-order valence-electron chi connectivity index (χ0n) is 6.64. The number of nitrogens with zero attached hydrogens (tertiary/aromatic N) is 1. The predicted molar refractivity (Wildman–Crippen MR) is 44.5 cm³/mol. The summed E-state index contributed by atoms with van der Waals surface area (Å²) in [5, 5.41) is -0.378. The van der Waals surface area contributed by atoms with Gasteiger partial charge in [-0.1, -0.05) is 6.42 Å². The Morgan fingerprint density at radius 2 is 2.08 bits per heavy atom. The fraction of sp³-hybridized carbons (Fsp3) is 0.857. The number of hydrogen-bond donors (Lipinski definition) is 0. The maximum absolute atomic E-state index is 11.3. The van der Waals surface area contributed by atoms with E-state index in [0.29, 0.717) is 6.42 Å². The standard InChI is InChI=1S/C7H11NO3S/c9-12(10)7-4-2-1-3-6(7)11-5-8-12/h5-7H,1-4H2. The molecular formula is C7H11NO3S. The molecule has 2 aliphatic rings. The summed E-state index contributed by atoms with van der Waals surface area (Å²) in [7, 11) is -3.24. The first-order chi connectivity index (χ1) is 5.70. The molecule has 4 nitrogen and oxygen atoms in total. The molecule has 0 N–H and O–H groups in total. The molecule has 0 saturated heterocycles. The Hall–Kier alpha value is -0.580. The van der Waals surface area contributed by atoms with Crippen molar-refractivity contribution in [2.24, 2.45) is 4.40 Å². The van der Waals surface area contributed by atoms with Crippen LogP contribution < -0.4 is 0 Å². The molecule has 0 aromatic carbocycles. The highest BCUT2D eigenvalue weighted by molar-refractivity contribution is 7.90. The zero-order valence-corrected chi connectivity index (χ0v) is 7.46. The van der Waals surface area contributed by atoms with Crippen LogP contribution in [-0.4, -0.2) is 26.2 Å². The van der Waals surface area contributed by atoms with Crippen LogP contribution in [0, 0.1) is 0 Å². The second-order valence-electron chi connectivity index (χ2n) is 3.22. The van der Waals surface area contributed by atoms with Crippen LogP contribution in [0.4, 0.5) is 0 Å². The average Bonchev–Trinajstić information content (AvgIpc) is 2.04. The predicted octanol–water partition coefficient (Wildman–Crippen LogP) is 0.686. The van der Waals surface area contributed by atoms with E-state index < -0.39 is 10.0 Å². The Morgan fingerprint density at radius 1 is 1.33 bits per heavy atom. The van der Waals surface area contributed by atoms with Crippen molar-refractivity contribution >= 4 is 16.4 Å². The topological polar surface area (TPSA) is 55.7 Å². The van der Waals surface area contributed by atoms with E-state index in [9.17, 15) is 8.42 Å². The molecule has 0 spiro atoms. The van der Waals surface area contributed by atoms with Gasteiger partial charge in [0.25, 0.3) is 10.0 Å². The Morgan fingerprint density at radius 3 is 2.83 bits per heavy atom. The van der Waals surface area contributed by atoms with Crippen LogP contribution in [0.3, 0.4) is 0 Å². The molecule has 0 aromatic heterocycles. The van der Waals surface area contributed by atoms with Gasteiger partial charge in [0.1, 0.15) is 11.4 Å². The lowest BCUT2D eigenvalue weighted by Crippen LogP contribution is -2.40. The third-order valence-electron chi connectivity index (χ3n) is 2.45. The third kappa shape index (κ3) is 1.22. The highest BCUT2D eigenvalue weighted by Gasteiger charge is 2.38. The van der Waals surface area contributed by atoms with Crippen LogP contribution in [-0.2, 0) is 14.8 Å². The third-order valence-corrected chi connectivity index (χ3v) is 4.13. The number of ether oxygens (including phenoxy) is 1. The van der Waals surface area contributed by atoms with E-state index in [1.807, 2.05) is 0 Å². The van der Waals surface area contributed by atoms with Gasteiger partial charge in [-0.15, -0.1) is 4.40 Å². The van der Waals surface area contributed by atoms with E-state index in [-0.39, 0.29) is 11.4 Å². The van der Waals surface area contributed by atoms with E-state index in [0.717, 1.165) is 25.7 Å². The van der Waals surface area contributed by atoms with Gasteiger partial charge in [0.15, 0.2) is 6.40 Å². The van der Waals surface area contributed by atoms with Gasteiger partial charge in [-0.25, -0.2) is 8.42 Å². The molecule has 68 valence electrons. The summed E-state index contributed by atoms with van der Waals surface area (Å²) in [6, 6.07) is 0. The van der Waals surface area contributed by atoms with Crippen molar-refractivity contribution in [3.05, 3.63) is 0 Å². The van der Waals surface area contributed by atoms with E-state index in [1.54, 1.807) is 0 Å². The molecule has 2 unspecified atom stereocenters. The first-order valence-corrected chi connectivity index (χ1v) is 5.63.